The van der Waals surface area contributed by atoms with Gasteiger partial charge in [0, 0.05) is 16.4 Å². The van der Waals surface area contributed by atoms with Crippen LogP contribution in [0.4, 0.5) is 20.2 Å². The highest BCUT2D eigenvalue weighted by molar-refractivity contribution is 7.92. The maximum atomic E-state index is 13.3. The Morgan fingerprint density at radius 2 is 1.63 bits per heavy atom. The molecular weight excluding hydrogens is 438 g/mol. The number of hydrogen-bond acceptors (Lipinski definition) is 4. The Kier molecular flexibility index (Phi) is 6.53. The van der Waals surface area contributed by atoms with Gasteiger partial charge in [-0.25, -0.2) is 17.2 Å². The van der Waals surface area contributed by atoms with Gasteiger partial charge in [-0.05, 0) is 60.7 Å². The van der Waals surface area contributed by atoms with Crippen LogP contribution in [-0.4, -0.2) is 20.9 Å². The number of hydrogen-bond donors (Lipinski definition) is 2. The van der Waals surface area contributed by atoms with Crippen LogP contribution in [0.2, 0.25) is 5.02 Å². The molecule has 0 aliphatic heterocycles. The first-order chi connectivity index (χ1) is 14.2. The van der Waals surface area contributed by atoms with Gasteiger partial charge in [-0.1, -0.05) is 17.7 Å². The van der Waals surface area contributed by atoms with E-state index in [2.05, 4.69) is 10.0 Å². The van der Waals surface area contributed by atoms with Gasteiger partial charge in [0.25, 0.3) is 15.9 Å². The molecule has 10 heteroatoms. The molecule has 0 aliphatic carbocycles. The van der Waals surface area contributed by atoms with Crippen LogP contribution in [0.25, 0.3) is 0 Å². The van der Waals surface area contributed by atoms with E-state index < -0.39 is 32.5 Å². The lowest BCUT2D eigenvalue weighted by atomic mass is 10.3. The van der Waals surface area contributed by atoms with Crippen molar-refractivity contribution >= 4 is 38.9 Å². The van der Waals surface area contributed by atoms with Crippen LogP contribution in [0.3, 0.4) is 0 Å². The standard InChI is InChI=1S/C20H15ClF2N2O4S/c21-13-2-1-3-16(10-13)29-12-20(26)24-14-4-6-15(7-5-14)25-30(27,28)17-8-9-18(22)19(23)11-17/h1-11,25H,12H2,(H,24,26). The molecule has 0 aromatic heterocycles. The first-order valence-corrected chi connectivity index (χ1v) is 10.4. The van der Waals surface area contributed by atoms with Crippen molar-refractivity contribution in [1.29, 1.82) is 0 Å². The molecule has 0 heterocycles. The molecule has 30 heavy (non-hydrogen) atoms. The number of rotatable bonds is 7. The van der Waals surface area contributed by atoms with E-state index in [-0.39, 0.29) is 12.3 Å². The third-order valence-corrected chi connectivity index (χ3v) is 5.40. The van der Waals surface area contributed by atoms with Gasteiger partial charge < -0.3 is 10.1 Å². The first-order valence-electron chi connectivity index (χ1n) is 8.49. The summed E-state index contributed by atoms with van der Waals surface area (Å²) in [5.74, 6) is -2.39. The van der Waals surface area contributed by atoms with E-state index in [0.717, 1.165) is 12.1 Å². The molecule has 6 nitrogen and oxygen atoms in total. The Balaban J connectivity index is 1.59. The van der Waals surface area contributed by atoms with Crippen molar-refractivity contribution in [3.05, 3.63) is 83.4 Å². The maximum Gasteiger partial charge on any atom is 0.262 e. The van der Waals surface area contributed by atoms with Crippen LogP contribution in [0, 0.1) is 11.6 Å². The zero-order chi connectivity index (χ0) is 21.7. The SMILES string of the molecule is O=C(COc1cccc(Cl)c1)Nc1ccc(NS(=O)(=O)c2ccc(F)c(F)c2)cc1. The lowest BCUT2D eigenvalue weighted by Crippen LogP contribution is -2.20. The van der Waals surface area contributed by atoms with Gasteiger partial charge in [0.15, 0.2) is 18.2 Å². The van der Waals surface area contributed by atoms with Gasteiger partial charge in [0.05, 0.1) is 4.90 Å². The lowest BCUT2D eigenvalue weighted by Gasteiger charge is -2.10. The van der Waals surface area contributed by atoms with Crippen molar-refractivity contribution < 1.29 is 26.7 Å². The normalized spacial score (nSPS) is 11.0. The summed E-state index contributed by atoms with van der Waals surface area (Å²) < 4.78 is 58.4. The van der Waals surface area contributed by atoms with Crippen LogP contribution in [0.5, 0.6) is 5.75 Å². The van der Waals surface area contributed by atoms with Crippen molar-refractivity contribution in [1.82, 2.24) is 0 Å². The average Bonchev–Trinajstić information content (AvgIpc) is 2.70. The van der Waals surface area contributed by atoms with Gasteiger partial charge in [-0.2, -0.15) is 0 Å². The fourth-order valence-electron chi connectivity index (χ4n) is 2.38. The van der Waals surface area contributed by atoms with Crippen LogP contribution >= 0.6 is 11.6 Å². The molecule has 0 unspecified atom stereocenters. The average molecular weight is 453 g/mol. The van der Waals surface area contributed by atoms with E-state index in [1.807, 2.05) is 0 Å². The van der Waals surface area contributed by atoms with Gasteiger partial charge in [0.1, 0.15) is 5.75 Å². The second-order valence-electron chi connectivity index (χ2n) is 6.05. The Hall–Kier alpha value is -3.17. The summed E-state index contributed by atoms with van der Waals surface area (Å²) in [5, 5.41) is 3.08. The summed E-state index contributed by atoms with van der Waals surface area (Å²) in [5.41, 5.74) is 0.582. The Morgan fingerprint density at radius 3 is 2.30 bits per heavy atom. The van der Waals surface area contributed by atoms with Gasteiger partial charge in [-0.15, -0.1) is 0 Å². The monoisotopic (exact) mass is 452 g/mol. The zero-order valence-electron chi connectivity index (χ0n) is 15.2. The highest BCUT2D eigenvalue weighted by Gasteiger charge is 2.16. The second kappa shape index (κ2) is 9.10. The third-order valence-electron chi connectivity index (χ3n) is 3.79. The fraction of sp³-hybridized carbons (Fsp3) is 0.0500. The minimum Gasteiger partial charge on any atom is -0.484 e. The molecule has 0 atom stereocenters. The van der Waals surface area contributed by atoms with Crippen molar-refractivity contribution in [2.24, 2.45) is 0 Å². The van der Waals surface area contributed by atoms with E-state index in [1.165, 1.54) is 24.3 Å². The largest absolute Gasteiger partial charge is 0.484 e. The topological polar surface area (TPSA) is 84.5 Å². The molecule has 0 bridgehead atoms. The highest BCUT2D eigenvalue weighted by atomic mass is 35.5. The summed E-state index contributed by atoms with van der Waals surface area (Å²) >= 11 is 5.84. The Labute approximate surface area is 176 Å². The number of carbonyl (C=O) groups is 1. The zero-order valence-corrected chi connectivity index (χ0v) is 16.8. The number of amides is 1. The number of benzene rings is 3. The number of carbonyl (C=O) groups excluding carboxylic acids is 1. The summed E-state index contributed by atoms with van der Waals surface area (Å²) in [6.07, 6.45) is 0. The molecule has 1 amide bonds. The predicted octanol–water partition coefficient (Wildman–Crippen LogP) is 4.44. The third kappa shape index (κ3) is 5.68. The van der Waals surface area contributed by atoms with Gasteiger partial charge in [0.2, 0.25) is 0 Å². The molecule has 0 spiro atoms. The molecule has 0 radical (unpaired) electrons. The smallest absolute Gasteiger partial charge is 0.262 e. The number of ether oxygens (including phenoxy) is 1. The van der Waals surface area contributed by atoms with Crippen LogP contribution in [0.1, 0.15) is 0 Å². The summed E-state index contributed by atoms with van der Waals surface area (Å²) in [7, 11) is -4.11. The Morgan fingerprint density at radius 1 is 0.933 bits per heavy atom. The number of nitrogens with one attached hydrogen (secondary N) is 2. The van der Waals surface area contributed by atoms with E-state index >= 15 is 0 Å². The number of anilines is 2. The summed E-state index contributed by atoms with van der Waals surface area (Å²) in [4.78, 5) is 11.6. The quantitative estimate of drug-likeness (QED) is 0.555. The highest BCUT2D eigenvalue weighted by Crippen LogP contribution is 2.20. The van der Waals surface area contributed by atoms with Crippen molar-refractivity contribution in [3.8, 4) is 5.75 Å². The van der Waals surface area contributed by atoms with Gasteiger partial charge >= 0.3 is 0 Å². The molecule has 0 saturated carbocycles. The van der Waals surface area contributed by atoms with Crippen LogP contribution < -0.4 is 14.8 Å². The maximum absolute atomic E-state index is 13.3. The number of halogens is 3. The van der Waals surface area contributed by atoms with E-state index in [1.54, 1.807) is 24.3 Å². The molecule has 0 fully saturated rings. The van der Waals surface area contributed by atoms with Crippen molar-refractivity contribution in [2.75, 3.05) is 16.6 Å². The lowest BCUT2D eigenvalue weighted by molar-refractivity contribution is -0.118. The fourth-order valence-corrected chi connectivity index (χ4v) is 3.63. The van der Waals surface area contributed by atoms with E-state index in [0.29, 0.717) is 22.5 Å². The molecule has 0 aliphatic rings. The van der Waals surface area contributed by atoms with Crippen LogP contribution in [0.15, 0.2) is 71.6 Å². The predicted molar refractivity (Wildman–Crippen MR) is 109 cm³/mol. The summed E-state index contributed by atoms with van der Waals surface area (Å²) in [6.45, 7) is -0.245. The molecule has 0 saturated heterocycles. The second-order valence-corrected chi connectivity index (χ2v) is 8.17. The van der Waals surface area contributed by atoms with Crippen molar-refractivity contribution in [3.63, 3.8) is 0 Å². The van der Waals surface area contributed by atoms with Crippen LogP contribution in [-0.2, 0) is 14.8 Å². The molecule has 156 valence electrons. The number of sulfonamides is 1. The first kappa shape index (κ1) is 21.5. The van der Waals surface area contributed by atoms with Crippen molar-refractivity contribution in [2.45, 2.75) is 4.90 Å². The molecule has 3 aromatic rings. The summed E-state index contributed by atoms with van der Waals surface area (Å²) in [6, 6.07) is 14.6. The molecule has 3 aromatic carbocycles. The minimum atomic E-state index is -4.11. The molecular formula is C20H15ClF2N2O4S. The van der Waals surface area contributed by atoms with E-state index in [4.69, 9.17) is 16.3 Å². The van der Waals surface area contributed by atoms with E-state index in [9.17, 15) is 22.0 Å². The Bertz CT molecular complexity index is 1170. The molecule has 3 rings (SSSR count). The van der Waals surface area contributed by atoms with Gasteiger partial charge in [-0.3, -0.25) is 9.52 Å². The molecule has 2 N–H and O–H groups in total. The minimum absolute atomic E-state index is 0.174.